The summed E-state index contributed by atoms with van der Waals surface area (Å²) in [7, 11) is 0. The molecule has 104 valence electrons. The number of oxime groups is 1. The van der Waals surface area contributed by atoms with E-state index in [1.165, 1.54) is 6.07 Å². The van der Waals surface area contributed by atoms with E-state index in [2.05, 4.69) is 10.5 Å². The van der Waals surface area contributed by atoms with E-state index in [1.807, 2.05) is 0 Å². The Hall–Kier alpha value is -1.66. The molecule has 2 rings (SSSR count). The minimum absolute atomic E-state index is 0.117. The Morgan fingerprint density at radius 3 is 3.11 bits per heavy atom. The lowest BCUT2D eigenvalue weighted by atomic mass is 10.1. The first-order chi connectivity index (χ1) is 9.22. The van der Waals surface area contributed by atoms with Crippen molar-refractivity contribution in [3.63, 3.8) is 0 Å². The van der Waals surface area contributed by atoms with Gasteiger partial charge in [0.1, 0.15) is 5.82 Å². The second-order valence-corrected chi connectivity index (χ2v) is 4.62. The molecule has 0 radical (unpaired) electrons. The number of nitrogens with one attached hydrogen (secondary N) is 1. The van der Waals surface area contributed by atoms with Crippen LogP contribution in [0.1, 0.15) is 17.5 Å². The van der Waals surface area contributed by atoms with Crippen LogP contribution in [0.2, 0.25) is 0 Å². The van der Waals surface area contributed by atoms with E-state index in [-0.39, 0.29) is 11.4 Å². The average Bonchev–Trinajstić information content (AvgIpc) is 2.93. The highest BCUT2D eigenvalue weighted by atomic mass is 19.1. The zero-order chi connectivity index (χ0) is 13.7. The number of hydrogen-bond donors (Lipinski definition) is 3. The van der Waals surface area contributed by atoms with Gasteiger partial charge in [-0.15, -0.1) is 0 Å². The van der Waals surface area contributed by atoms with Gasteiger partial charge in [-0.2, -0.15) is 0 Å². The van der Waals surface area contributed by atoms with Gasteiger partial charge in [-0.25, -0.2) is 4.39 Å². The zero-order valence-electron chi connectivity index (χ0n) is 10.6. The maximum atomic E-state index is 14.1. The summed E-state index contributed by atoms with van der Waals surface area (Å²) in [6.45, 7) is 2.78. The molecular weight excluding hydrogens is 249 g/mol. The van der Waals surface area contributed by atoms with Gasteiger partial charge in [0.05, 0.1) is 12.2 Å². The lowest BCUT2D eigenvalue weighted by molar-refractivity contribution is 0.185. The van der Waals surface area contributed by atoms with Gasteiger partial charge in [0.15, 0.2) is 5.84 Å². The first kappa shape index (κ1) is 13.8. The first-order valence-corrected chi connectivity index (χ1v) is 6.26. The lowest BCUT2D eigenvalue weighted by Gasteiger charge is -2.11. The molecule has 1 aromatic carbocycles. The van der Waals surface area contributed by atoms with Crippen LogP contribution in [-0.4, -0.2) is 30.8 Å². The van der Waals surface area contributed by atoms with Crippen LogP contribution in [0.5, 0.6) is 0 Å². The standard InChI is InChI=1S/C13H18FN3O2/c14-12-10(2-1-3-11(12)13(15)17-18)7-16-6-9-4-5-19-8-9/h1-3,9,16,18H,4-8H2,(H2,15,17). The molecule has 1 heterocycles. The van der Waals surface area contributed by atoms with Crippen LogP contribution in [0, 0.1) is 11.7 Å². The molecular formula is C13H18FN3O2. The van der Waals surface area contributed by atoms with Crippen LogP contribution in [0.3, 0.4) is 0 Å². The molecule has 1 aliphatic heterocycles. The predicted molar refractivity (Wildman–Crippen MR) is 69.5 cm³/mol. The Labute approximate surface area is 111 Å². The smallest absolute Gasteiger partial charge is 0.173 e. The lowest BCUT2D eigenvalue weighted by Crippen LogP contribution is -2.24. The molecule has 1 aromatic rings. The Morgan fingerprint density at radius 1 is 1.58 bits per heavy atom. The van der Waals surface area contributed by atoms with Gasteiger partial charge in [-0.3, -0.25) is 0 Å². The van der Waals surface area contributed by atoms with Crippen LogP contribution >= 0.6 is 0 Å². The molecule has 6 heteroatoms. The summed E-state index contributed by atoms with van der Waals surface area (Å²) in [6.07, 6.45) is 1.04. The molecule has 19 heavy (non-hydrogen) atoms. The fourth-order valence-electron chi connectivity index (χ4n) is 2.12. The summed E-state index contributed by atoms with van der Waals surface area (Å²) >= 11 is 0. The monoisotopic (exact) mass is 267 g/mol. The van der Waals surface area contributed by atoms with E-state index >= 15 is 0 Å². The van der Waals surface area contributed by atoms with Crippen molar-refractivity contribution in [1.29, 1.82) is 0 Å². The number of halogens is 1. The second-order valence-electron chi connectivity index (χ2n) is 4.62. The summed E-state index contributed by atoms with van der Waals surface area (Å²) in [6, 6.07) is 4.85. The number of benzene rings is 1. The molecule has 1 aliphatic rings. The summed E-state index contributed by atoms with van der Waals surface area (Å²) in [4.78, 5) is 0. The van der Waals surface area contributed by atoms with E-state index < -0.39 is 5.82 Å². The zero-order valence-corrected chi connectivity index (χ0v) is 10.6. The number of rotatable bonds is 5. The predicted octanol–water partition coefficient (Wildman–Crippen LogP) is 1.05. The van der Waals surface area contributed by atoms with Crippen LogP contribution in [0.4, 0.5) is 4.39 Å². The van der Waals surface area contributed by atoms with E-state index in [9.17, 15) is 4.39 Å². The molecule has 0 bridgehead atoms. The van der Waals surface area contributed by atoms with E-state index in [4.69, 9.17) is 15.7 Å². The van der Waals surface area contributed by atoms with Crippen LogP contribution in [0.25, 0.3) is 0 Å². The fraction of sp³-hybridized carbons (Fsp3) is 0.462. The molecule has 1 fully saturated rings. The van der Waals surface area contributed by atoms with Crippen LogP contribution in [-0.2, 0) is 11.3 Å². The molecule has 0 aromatic heterocycles. The molecule has 1 unspecified atom stereocenters. The van der Waals surface area contributed by atoms with E-state index in [0.717, 1.165) is 26.2 Å². The Kier molecular flexibility index (Phi) is 4.70. The van der Waals surface area contributed by atoms with E-state index in [1.54, 1.807) is 12.1 Å². The molecule has 0 aliphatic carbocycles. The van der Waals surface area contributed by atoms with Crippen molar-refractivity contribution in [1.82, 2.24) is 5.32 Å². The molecule has 1 atom stereocenters. The van der Waals surface area contributed by atoms with Crippen molar-refractivity contribution in [3.8, 4) is 0 Å². The third kappa shape index (κ3) is 3.42. The van der Waals surface area contributed by atoms with Gasteiger partial charge >= 0.3 is 0 Å². The van der Waals surface area contributed by atoms with Crippen molar-refractivity contribution in [2.24, 2.45) is 16.8 Å². The maximum Gasteiger partial charge on any atom is 0.173 e. The van der Waals surface area contributed by atoms with Gasteiger partial charge in [0.2, 0.25) is 0 Å². The van der Waals surface area contributed by atoms with Crippen molar-refractivity contribution in [2.75, 3.05) is 19.8 Å². The highest BCUT2D eigenvalue weighted by molar-refractivity contribution is 5.97. The highest BCUT2D eigenvalue weighted by Gasteiger charge is 2.16. The van der Waals surface area contributed by atoms with Crippen molar-refractivity contribution >= 4 is 5.84 Å². The molecule has 0 spiro atoms. The normalized spacial score (nSPS) is 19.8. The van der Waals surface area contributed by atoms with Crippen LogP contribution < -0.4 is 11.1 Å². The number of amidine groups is 1. The Morgan fingerprint density at radius 2 is 2.42 bits per heavy atom. The molecule has 0 saturated carbocycles. The Bertz CT molecular complexity index is 459. The van der Waals surface area contributed by atoms with Crippen molar-refractivity contribution < 1.29 is 14.3 Å². The molecule has 1 saturated heterocycles. The third-order valence-corrected chi connectivity index (χ3v) is 3.23. The fourth-order valence-corrected chi connectivity index (χ4v) is 2.12. The Balaban J connectivity index is 1.96. The van der Waals surface area contributed by atoms with Crippen LogP contribution in [0.15, 0.2) is 23.4 Å². The summed E-state index contributed by atoms with van der Waals surface area (Å²) in [5.74, 6) is -0.174. The SMILES string of the molecule is N/C(=N/O)c1cccc(CNCC2CCOC2)c1F. The topological polar surface area (TPSA) is 79.9 Å². The molecule has 5 nitrogen and oxygen atoms in total. The number of hydrogen-bond acceptors (Lipinski definition) is 4. The minimum Gasteiger partial charge on any atom is -0.409 e. The number of nitrogens with zero attached hydrogens (tertiary/aromatic N) is 1. The van der Waals surface area contributed by atoms with Crippen molar-refractivity contribution in [3.05, 3.63) is 35.1 Å². The summed E-state index contributed by atoms with van der Waals surface area (Å²) in [5.41, 5.74) is 6.03. The summed E-state index contributed by atoms with van der Waals surface area (Å²) < 4.78 is 19.3. The van der Waals surface area contributed by atoms with E-state index in [0.29, 0.717) is 18.0 Å². The third-order valence-electron chi connectivity index (χ3n) is 3.23. The molecule has 4 N–H and O–H groups in total. The number of nitrogens with two attached hydrogens (primary N) is 1. The van der Waals surface area contributed by atoms with Gasteiger partial charge in [0, 0.05) is 25.3 Å². The largest absolute Gasteiger partial charge is 0.409 e. The molecule has 0 amide bonds. The van der Waals surface area contributed by atoms with Gasteiger partial charge in [0.25, 0.3) is 0 Å². The highest BCUT2D eigenvalue weighted by Crippen LogP contribution is 2.14. The first-order valence-electron chi connectivity index (χ1n) is 6.26. The van der Waals surface area contributed by atoms with Gasteiger partial charge in [-0.1, -0.05) is 17.3 Å². The average molecular weight is 267 g/mol. The van der Waals surface area contributed by atoms with Gasteiger partial charge < -0.3 is 21.0 Å². The van der Waals surface area contributed by atoms with Gasteiger partial charge in [-0.05, 0) is 18.4 Å². The quantitative estimate of drug-likeness (QED) is 0.322. The van der Waals surface area contributed by atoms with Crippen molar-refractivity contribution in [2.45, 2.75) is 13.0 Å². The maximum absolute atomic E-state index is 14.1. The summed E-state index contributed by atoms with van der Waals surface area (Å²) in [5, 5.41) is 14.6. The second kappa shape index (κ2) is 6.49. The number of ether oxygens (including phenoxy) is 1. The minimum atomic E-state index is -0.451.